The van der Waals surface area contributed by atoms with Crippen LogP contribution in [-0.4, -0.2) is 25.7 Å². The predicted octanol–water partition coefficient (Wildman–Crippen LogP) is 2.42. The highest BCUT2D eigenvalue weighted by Crippen LogP contribution is 2.33. The van der Waals surface area contributed by atoms with E-state index in [9.17, 15) is 0 Å². The fourth-order valence-corrected chi connectivity index (χ4v) is 2.26. The highest BCUT2D eigenvalue weighted by atomic mass is 16.5. The van der Waals surface area contributed by atoms with Gasteiger partial charge < -0.3 is 15.4 Å². The van der Waals surface area contributed by atoms with Crippen molar-refractivity contribution in [2.45, 2.75) is 38.8 Å². The first-order valence-corrected chi connectivity index (χ1v) is 6.36. The Labute approximate surface area is 104 Å². The van der Waals surface area contributed by atoms with Gasteiger partial charge in [0, 0.05) is 18.6 Å². The Morgan fingerprint density at radius 2 is 2.29 bits per heavy atom. The SMILES string of the molecule is COc1cccc2c1NC(CNC(C)C)CC2. The number of benzene rings is 1. The molecule has 0 amide bonds. The molecule has 1 aromatic carbocycles. The average molecular weight is 234 g/mol. The van der Waals surface area contributed by atoms with E-state index < -0.39 is 0 Å². The molecule has 0 saturated heterocycles. The van der Waals surface area contributed by atoms with E-state index in [0.29, 0.717) is 12.1 Å². The van der Waals surface area contributed by atoms with Gasteiger partial charge in [-0.2, -0.15) is 0 Å². The number of anilines is 1. The van der Waals surface area contributed by atoms with Crippen molar-refractivity contribution in [2.75, 3.05) is 19.0 Å². The van der Waals surface area contributed by atoms with Crippen molar-refractivity contribution in [3.63, 3.8) is 0 Å². The van der Waals surface area contributed by atoms with E-state index >= 15 is 0 Å². The lowest BCUT2D eigenvalue weighted by Crippen LogP contribution is -2.38. The summed E-state index contributed by atoms with van der Waals surface area (Å²) >= 11 is 0. The van der Waals surface area contributed by atoms with Gasteiger partial charge in [0.1, 0.15) is 5.75 Å². The number of hydrogen-bond acceptors (Lipinski definition) is 3. The molecule has 17 heavy (non-hydrogen) atoms. The summed E-state index contributed by atoms with van der Waals surface area (Å²) in [5, 5.41) is 7.06. The summed E-state index contributed by atoms with van der Waals surface area (Å²) in [6.07, 6.45) is 2.31. The van der Waals surface area contributed by atoms with Crippen LogP contribution in [0, 0.1) is 0 Å². The topological polar surface area (TPSA) is 33.3 Å². The Balaban J connectivity index is 2.06. The van der Waals surface area contributed by atoms with Crippen LogP contribution in [0.5, 0.6) is 5.75 Å². The van der Waals surface area contributed by atoms with Gasteiger partial charge in [-0.1, -0.05) is 26.0 Å². The predicted molar refractivity (Wildman–Crippen MR) is 71.9 cm³/mol. The van der Waals surface area contributed by atoms with Gasteiger partial charge >= 0.3 is 0 Å². The van der Waals surface area contributed by atoms with Crippen LogP contribution in [0.4, 0.5) is 5.69 Å². The Kier molecular flexibility index (Phi) is 3.89. The maximum absolute atomic E-state index is 5.40. The van der Waals surface area contributed by atoms with Gasteiger partial charge in [-0.05, 0) is 24.5 Å². The molecular weight excluding hydrogens is 212 g/mol. The minimum absolute atomic E-state index is 0.501. The van der Waals surface area contributed by atoms with Crippen molar-refractivity contribution in [1.82, 2.24) is 5.32 Å². The van der Waals surface area contributed by atoms with E-state index in [1.165, 1.54) is 17.7 Å². The number of ether oxygens (including phenoxy) is 1. The highest BCUT2D eigenvalue weighted by molar-refractivity contribution is 5.64. The molecule has 2 rings (SSSR count). The number of fused-ring (bicyclic) bond motifs is 1. The molecule has 1 atom stereocenters. The second kappa shape index (κ2) is 5.41. The largest absolute Gasteiger partial charge is 0.495 e. The molecule has 0 aromatic heterocycles. The zero-order valence-electron chi connectivity index (χ0n) is 10.9. The Morgan fingerprint density at radius 3 is 3.00 bits per heavy atom. The monoisotopic (exact) mass is 234 g/mol. The molecule has 94 valence electrons. The molecule has 0 saturated carbocycles. The molecule has 3 heteroatoms. The Hall–Kier alpha value is -1.22. The summed E-state index contributed by atoms with van der Waals surface area (Å²) in [5.74, 6) is 0.955. The van der Waals surface area contributed by atoms with Crippen LogP contribution in [0.2, 0.25) is 0 Å². The third kappa shape index (κ3) is 2.91. The van der Waals surface area contributed by atoms with Crippen molar-refractivity contribution >= 4 is 5.69 Å². The lowest BCUT2D eigenvalue weighted by atomic mass is 9.97. The van der Waals surface area contributed by atoms with Crippen molar-refractivity contribution in [3.8, 4) is 5.75 Å². The van der Waals surface area contributed by atoms with Crippen molar-refractivity contribution in [3.05, 3.63) is 23.8 Å². The second-order valence-electron chi connectivity index (χ2n) is 4.94. The van der Waals surface area contributed by atoms with Gasteiger partial charge in [0.2, 0.25) is 0 Å². The van der Waals surface area contributed by atoms with Gasteiger partial charge in [-0.25, -0.2) is 0 Å². The zero-order chi connectivity index (χ0) is 12.3. The minimum Gasteiger partial charge on any atom is -0.495 e. The first kappa shape index (κ1) is 12.2. The first-order chi connectivity index (χ1) is 8.20. The van der Waals surface area contributed by atoms with Crippen LogP contribution in [0.3, 0.4) is 0 Å². The normalized spacial score (nSPS) is 18.7. The van der Waals surface area contributed by atoms with Crippen molar-refractivity contribution < 1.29 is 4.74 Å². The quantitative estimate of drug-likeness (QED) is 0.839. The van der Waals surface area contributed by atoms with E-state index in [1.54, 1.807) is 7.11 Å². The molecule has 1 aromatic rings. The van der Waals surface area contributed by atoms with Gasteiger partial charge in [0.25, 0.3) is 0 Å². The molecule has 0 aliphatic carbocycles. The van der Waals surface area contributed by atoms with E-state index in [1.807, 2.05) is 6.07 Å². The van der Waals surface area contributed by atoms with Crippen molar-refractivity contribution in [1.29, 1.82) is 0 Å². The summed E-state index contributed by atoms with van der Waals surface area (Å²) in [4.78, 5) is 0. The fourth-order valence-electron chi connectivity index (χ4n) is 2.26. The molecule has 0 spiro atoms. The van der Waals surface area contributed by atoms with Crippen LogP contribution in [-0.2, 0) is 6.42 Å². The third-order valence-electron chi connectivity index (χ3n) is 3.22. The number of para-hydroxylation sites is 1. The summed E-state index contributed by atoms with van der Waals surface area (Å²) in [6, 6.07) is 7.30. The standard InChI is InChI=1S/C14H22N2O/c1-10(2)15-9-12-8-7-11-5-4-6-13(17-3)14(11)16-12/h4-6,10,12,15-16H,7-9H2,1-3H3. The summed E-state index contributed by atoms with van der Waals surface area (Å²) in [5.41, 5.74) is 2.54. The van der Waals surface area contributed by atoms with Crippen molar-refractivity contribution in [2.24, 2.45) is 0 Å². The third-order valence-corrected chi connectivity index (χ3v) is 3.22. The molecular formula is C14H22N2O. The lowest BCUT2D eigenvalue weighted by molar-refractivity contribution is 0.413. The number of rotatable bonds is 4. The van der Waals surface area contributed by atoms with Crippen LogP contribution in [0.25, 0.3) is 0 Å². The summed E-state index contributed by atoms with van der Waals surface area (Å²) < 4.78 is 5.40. The molecule has 1 heterocycles. The van der Waals surface area contributed by atoms with E-state index in [4.69, 9.17) is 4.74 Å². The van der Waals surface area contributed by atoms with Gasteiger partial charge in [-0.15, -0.1) is 0 Å². The molecule has 1 aliphatic rings. The molecule has 0 radical (unpaired) electrons. The summed E-state index contributed by atoms with van der Waals surface area (Å²) in [6.45, 7) is 5.36. The molecule has 1 unspecified atom stereocenters. The molecule has 1 aliphatic heterocycles. The first-order valence-electron chi connectivity index (χ1n) is 6.36. The van der Waals surface area contributed by atoms with Gasteiger partial charge in [0.15, 0.2) is 0 Å². The highest BCUT2D eigenvalue weighted by Gasteiger charge is 2.20. The van der Waals surface area contributed by atoms with Crippen LogP contribution >= 0.6 is 0 Å². The molecule has 2 N–H and O–H groups in total. The van der Waals surface area contributed by atoms with E-state index in [2.05, 4.69) is 36.6 Å². The number of aryl methyl sites for hydroxylation is 1. The number of nitrogens with one attached hydrogen (secondary N) is 2. The summed E-state index contributed by atoms with van der Waals surface area (Å²) in [7, 11) is 1.73. The smallest absolute Gasteiger partial charge is 0.142 e. The minimum atomic E-state index is 0.501. The maximum atomic E-state index is 5.40. The van der Waals surface area contributed by atoms with Crippen LogP contribution in [0.1, 0.15) is 25.8 Å². The van der Waals surface area contributed by atoms with Crippen LogP contribution < -0.4 is 15.4 Å². The lowest BCUT2D eigenvalue weighted by Gasteiger charge is -2.29. The van der Waals surface area contributed by atoms with Gasteiger partial charge in [-0.3, -0.25) is 0 Å². The van der Waals surface area contributed by atoms with Crippen LogP contribution in [0.15, 0.2) is 18.2 Å². The van der Waals surface area contributed by atoms with Gasteiger partial charge in [0.05, 0.1) is 12.8 Å². The maximum Gasteiger partial charge on any atom is 0.142 e. The molecule has 0 fully saturated rings. The fraction of sp³-hybridized carbons (Fsp3) is 0.571. The average Bonchev–Trinajstić information content (AvgIpc) is 2.35. The molecule has 0 bridgehead atoms. The Morgan fingerprint density at radius 1 is 1.47 bits per heavy atom. The number of hydrogen-bond donors (Lipinski definition) is 2. The number of methoxy groups -OCH3 is 1. The Bertz CT molecular complexity index is 362. The second-order valence-corrected chi connectivity index (χ2v) is 4.94. The van der Waals surface area contributed by atoms with E-state index in [0.717, 1.165) is 18.7 Å². The van der Waals surface area contributed by atoms with E-state index in [-0.39, 0.29) is 0 Å². The molecule has 3 nitrogen and oxygen atoms in total. The zero-order valence-corrected chi connectivity index (χ0v) is 10.9.